The molecule has 6 heteroatoms. The first-order chi connectivity index (χ1) is 13.0. The molecule has 0 bridgehead atoms. The van der Waals surface area contributed by atoms with Gasteiger partial charge in [0.15, 0.2) is 0 Å². The van der Waals surface area contributed by atoms with E-state index in [0.29, 0.717) is 17.0 Å². The summed E-state index contributed by atoms with van der Waals surface area (Å²) in [6.45, 7) is 3.64. The number of carbonyl (C=O) groups is 2. The van der Waals surface area contributed by atoms with Crippen LogP contribution in [0.1, 0.15) is 33.5 Å². The Bertz CT molecular complexity index is 1010. The molecule has 0 unspecified atom stereocenters. The van der Waals surface area contributed by atoms with E-state index in [0.717, 1.165) is 16.5 Å². The second-order valence-corrected chi connectivity index (χ2v) is 5.81. The van der Waals surface area contributed by atoms with Crippen molar-refractivity contribution in [1.29, 1.82) is 0 Å². The van der Waals surface area contributed by atoms with Gasteiger partial charge in [-0.15, -0.1) is 0 Å². The SMILES string of the molecule is CCOC(=O)c1ccc(C(=O)Oc2ccc3ccc(OC)cc3c2)nc1C. The Labute approximate surface area is 156 Å². The van der Waals surface area contributed by atoms with Gasteiger partial charge in [-0.05, 0) is 61.0 Å². The topological polar surface area (TPSA) is 74.7 Å². The summed E-state index contributed by atoms with van der Waals surface area (Å²) in [4.78, 5) is 28.4. The van der Waals surface area contributed by atoms with Gasteiger partial charge in [-0.25, -0.2) is 14.6 Å². The maximum atomic E-state index is 12.4. The van der Waals surface area contributed by atoms with Crippen molar-refractivity contribution in [2.75, 3.05) is 13.7 Å². The van der Waals surface area contributed by atoms with Crippen LogP contribution in [0.25, 0.3) is 10.8 Å². The van der Waals surface area contributed by atoms with Crippen LogP contribution in [-0.4, -0.2) is 30.6 Å². The molecular formula is C21H19NO5. The van der Waals surface area contributed by atoms with E-state index in [4.69, 9.17) is 14.2 Å². The van der Waals surface area contributed by atoms with Crippen LogP contribution in [0.15, 0.2) is 48.5 Å². The molecule has 0 atom stereocenters. The van der Waals surface area contributed by atoms with E-state index in [9.17, 15) is 9.59 Å². The van der Waals surface area contributed by atoms with Crippen molar-refractivity contribution < 1.29 is 23.8 Å². The number of benzene rings is 2. The molecule has 27 heavy (non-hydrogen) atoms. The summed E-state index contributed by atoms with van der Waals surface area (Å²) in [5.41, 5.74) is 0.851. The predicted octanol–water partition coefficient (Wildman–Crippen LogP) is 3.95. The van der Waals surface area contributed by atoms with Crippen LogP contribution in [-0.2, 0) is 4.74 Å². The number of hydrogen-bond donors (Lipinski definition) is 0. The molecule has 0 saturated heterocycles. The Balaban J connectivity index is 1.81. The summed E-state index contributed by atoms with van der Waals surface area (Å²) >= 11 is 0. The van der Waals surface area contributed by atoms with Gasteiger partial charge in [0.25, 0.3) is 0 Å². The maximum Gasteiger partial charge on any atom is 0.362 e. The Morgan fingerprint density at radius 1 is 0.926 bits per heavy atom. The third-order valence-corrected chi connectivity index (χ3v) is 4.02. The highest BCUT2D eigenvalue weighted by Crippen LogP contribution is 2.25. The number of fused-ring (bicyclic) bond motifs is 1. The maximum absolute atomic E-state index is 12.4. The van der Waals surface area contributed by atoms with Crippen molar-refractivity contribution >= 4 is 22.7 Å². The lowest BCUT2D eigenvalue weighted by Crippen LogP contribution is -2.14. The number of esters is 2. The zero-order valence-electron chi connectivity index (χ0n) is 15.3. The number of pyridine rings is 1. The quantitative estimate of drug-likeness (QED) is 0.503. The summed E-state index contributed by atoms with van der Waals surface area (Å²) in [7, 11) is 1.60. The number of carbonyl (C=O) groups excluding carboxylic acids is 2. The van der Waals surface area contributed by atoms with Crippen LogP contribution in [0.3, 0.4) is 0 Å². The van der Waals surface area contributed by atoms with Gasteiger partial charge in [0.2, 0.25) is 0 Å². The van der Waals surface area contributed by atoms with Crippen LogP contribution in [0.5, 0.6) is 11.5 Å². The van der Waals surface area contributed by atoms with Crippen LogP contribution in [0, 0.1) is 6.92 Å². The molecule has 0 aliphatic heterocycles. The fraction of sp³-hybridized carbons (Fsp3) is 0.190. The van der Waals surface area contributed by atoms with Gasteiger partial charge in [-0.2, -0.15) is 0 Å². The number of hydrogen-bond acceptors (Lipinski definition) is 6. The molecule has 0 fully saturated rings. The summed E-state index contributed by atoms with van der Waals surface area (Å²) in [6, 6.07) is 14.0. The third kappa shape index (κ3) is 4.06. The molecule has 0 radical (unpaired) electrons. The normalized spacial score (nSPS) is 10.5. The van der Waals surface area contributed by atoms with Gasteiger partial charge in [0.1, 0.15) is 17.2 Å². The molecule has 1 aromatic heterocycles. The van der Waals surface area contributed by atoms with Gasteiger partial charge in [0, 0.05) is 0 Å². The van der Waals surface area contributed by atoms with E-state index in [-0.39, 0.29) is 12.3 Å². The third-order valence-electron chi connectivity index (χ3n) is 4.02. The zero-order chi connectivity index (χ0) is 19.4. The number of aromatic nitrogens is 1. The molecule has 6 nitrogen and oxygen atoms in total. The Kier molecular flexibility index (Phi) is 5.35. The first-order valence-electron chi connectivity index (χ1n) is 8.46. The zero-order valence-corrected chi connectivity index (χ0v) is 15.3. The van der Waals surface area contributed by atoms with Crippen molar-refractivity contribution in [2.24, 2.45) is 0 Å². The summed E-state index contributed by atoms with van der Waals surface area (Å²) in [6.07, 6.45) is 0. The molecule has 138 valence electrons. The standard InChI is InChI=1S/C21H19NO5/c1-4-26-20(23)18-9-10-19(22-13(18)2)21(24)27-17-8-6-14-5-7-16(25-3)11-15(14)12-17/h5-12H,4H2,1-3H3. The van der Waals surface area contributed by atoms with Crippen molar-refractivity contribution in [3.05, 3.63) is 65.5 Å². The molecule has 0 amide bonds. The first-order valence-corrected chi connectivity index (χ1v) is 8.46. The molecule has 0 saturated carbocycles. The molecule has 3 rings (SSSR count). The molecular weight excluding hydrogens is 346 g/mol. The van der Waals surface area contributed by atoms with Crippen molar-refractivity contribution in [3.8, 4) is 11.5 Å². The Morgan fingerprint density at radius 2 is 1.63 bits per heavy atom. The highest BCUT2D eigenvalue weighted by molar-refractivity contribution is 5.94. The van der Waals surface area contributed by atoms with Crippen LogP contribution >= 0.6 is 0 Å². The average molecular weight is 365 g/mol. The smallest absolute Gasteiger partial charge is 0.362 e. The summed E-state index contributed by atoms with van der Waals surface area (Å²) in [5, 5.41) is 1.89. The van der Waals surface area contributed by atoms with E-state index in [1.807, 2.05) is 24.3 Å². The van der Waals surface area contributed by atoms with Crippen LogP contribution in [0.2, 0.25) is 0 Å². The van der Waals surface area contributed by atoms with Crippen LogP contribution in [0.4, 0.5) is 0 Å². The minimum Gasteiger partial charge on any atom is -0.497 e. The van der Waals surface area contributed by atoms with Crippen LogP contribution < -0.4 is 9.47 Å². The molecule has 1 heterocycles. The fourth-order valence-corrected chi connectivity index (χ4v) is 2.65. The van der Waals surface area contributed by atoms with E-state index >= 15 is 0 Å². The molecule has 0 aliphatic carbocycles. The Morgan fingerprint density at radius 3 is 2.30 bits per heavy atom. The second-order valence-electron chi connectivity index (χ2n) is 5.81. The highest BCUT2D eigenvalue weighted by Gasteiger charge is 2.16. The van der Waals surface area contributed by atoms with Crippen molar-refractivity contribution in [1.82, 2.24) is 4.98 Å². The fourth-order valence-electron chi connectivity index (χ4n) is 2.65. The van der Waals surface area contributed by atoms with Gasteiger partial charge in [0.05, 0.1) is 25.0 Å². The summed E-state index contributed by atoms with van der Waals surface area (Å²) in [5.74, 6) is 0.0501. The molecule has 0 spiro atoms. The number of rotatable bonds is 5. The van der Waals surface area contributed by atoms with E-state index in [2.05, 4.69) is 4.98 Å². The molecule has 3 aromatic rings. The Hall–Kier alpha value is -3.41. The number of ether oxygens (including phenoxy) is 3. The van der Waals surface area contributed by atoms with Crippen molar-refractivity contribution in [2.45, 2.75) is 13.8 Å². The summed E-state index contributed by atoms with van der Waals surface area (Å²) < 4.78 is 15.6. The van der Waals surface area contributed by atoms with E-state index in [1.54, 1.807) is 33.1 Å². The lowest BCUT2D eigenvalue weighted by molar-refractivity contribution is 0.0523. The van der Waals surface area contributed by atoms with Gasteiger partial charge >= 0.3 is 11.9 Å². The average Bonchev–Trinajstić information content (AvgIpc) is 2.67. The number of nitrogens with zero attached hydrogens (tertiary/aromatic N) is 1. The first kappa shape index (κ1) is 18.4. The minimum atomic E-state index is -0.601. The predicted molar refractivity (Wildman–Crippen MR) is 100 cm³/mol. The molecule has 0 aliphatic rings. The minimum absolute atomic E-state index is 0.117. The molecule has 2 aromatic carbocycles. The van der Waals surface area contributed by atoms with Gasteiger partial charge in [-0.3, -0.25) is 0 Å². The second kappa shape index (κ2) is 7.86. The van der Waals surface area contributed by atoms with Gasteiger partial charge in [-0.1, -0.05) is 12.1 Å². The monoisotopic (exact) mass is 365 g/mol. The van der Waals surface area contributed by atoms with Crippen molar-refractivity contribution in [3.63, 3.8) is 0 Å². The van der Waals surface area contributed by atoms with E-state index in [1.165, 1.54) is 12.1 Å². The van der Waals surface area contributed by atoms with Gasteiger partial charge < -0.3 is 14.2 Å². The molecule has 0 N–H and O–H groups in total. The number of aryl methyl sites for hydroxylation is 1. The lowest BCUT2D eigenvalue weighted by Gasteiger charge is -2.08. The highest BCUT2D eigenvalue weighted by atomic mass is 16.5. The number of methoxy groups -OCH3 is 1. The lowest BCUT2D eigenvalue weighted by atomic mass is 10.1. The van der Waals surface area contributed by atoms with E-state index < -0.39 is 11.9 Å². The largest absolute Gasteiger partial charge is 0.497 e.